The number of carboxylic acids is 1. The molecule has 0 aliphatic rings. The Morgan fingerprint density at radius 1 is 0.620 bits per heavy atom. The van der Waals surface area contributed by atoms with Crippen LogP contribution in [0, 0.1) is 5.92 Å². The van der Waals surface area contributed by atoms with Crippen molar-refractivity contribution in [1.29, 1.82) is 0 Å². The first-order valence-corrected chi connectivity index (χ1v) is 23.5. The maximum Gasteiger partial charge on any atom is 0.303 e. The van der Waals surface area contributed by atoms with Crippen LogP contribution in [-0.2, 0) is 67.2 Å². The van der Waals surface area contributed by atoms with Crippen LogP contribution < -0.4 is 37.6 Å². The van der Waals surface area contributed by atoms with Crippen molar-refractivity contribution < 1.29 is 58.2 Å². The van der Waals surface area contributed by atoms with Gasteiger partial charge in [0.25, 0.3) is 0 Å². The summed E-state index contributed by atoms with van der Waals surface area (Å²) in [6, 6.07) is 15.5. The van der Waals surface area contributed by atoms with Crippen molar-refractivity contribution in [2.45, 2.75) is 95.5 Å². The molecule has 0 fully saturated rings. The first-order valence-electron chi connectivity index (χ1n) is 22.9. The predicted molar refractivity (Wildman–Crippen MR) is 264 cm³/mol. The fourth-order valence-electron chi connectivity index (χ4n) is 7.20. The van der Waals surface area contributed by atoms with E-state index in [-0.39, 0.29) is 37.2 Å². The van der Waals surface area contributed by atoms with Crippen molar-refractivity contribution in [1.82, 2.24) is 41.7 Å². The van der Waals surface area contributed by atoms with Gasteiger partial charge in [-0.1, -0.05) is 93.6 Å². The van der Waals surface area contributed by atoms with E-state index in [0.717, 1.165) is 15.4 Å². The van der Waals surface area contributed by atoms with Gasteiger partial charge in [0.2, 0.25) is 53.2 Å². The molecule has 6 atom stereocenters. The Labute approximate surface area is 417 Å². The summed E-state index contributed by atoms with van der Waals surface area (Å²) in [7, 11) is 2.56. The molecule has 71 heavy (non-hydrogen) atoms. The van der Waals surface area contributed by atoms with E-state index in [1.165, 1.54) is 38.4 Å². The molecule has 0 radical (unpaired) electrons. The monoisotopic (exact) mass is 1000 g/mol. The van der Waals surface area contributed by atoms with Crippen LogP contribution in [0.15, 0.2) is 84.9 Å². The molecular weight excluding hydrogens is 939 g/mol. The van der Waals surface area contributed by atoms with Crippen molar-refractivity contribution in [2.75, 3.05) is 32.9 Å². The van der Waals surface area contributed by atoms with Gasteiger partial charge in [-0.15, -0.1) is 0 Å². The average Bonchev–Trinajstić information content (AvgIpc) is 3.34. The van der Waals surface area contributed by atoms with E-state index in [1.54, 1.807) is 81.4 Å². The Kier molecular flexibility index (Phi) is 23.5. The maximum absolute atomic E-state index is 14.5. The third-order valence-corrected chi connectivity index (χ3v) is 11.5. The number of benzene rings is 3. The maximum atomic E-state index is 14.5. The van der Waals surface area contributed by atoms with Gasteiger partial charge in [-0.05, 0) is 41.2 Å². The molecule has 384 valence electrons. The molecule has 0 saturated heterocycles. The van der Waals surface area contributed by atoms with Gasteiger partial charge >= 0.3 is 5.97 Å². The van der Waals surface area contributed by atoms with E-state index >= 15 is 0 Å². The number of amides is 9. The highest BCUT2D eigenvalue weighted by Gasteiger charge is 2.36. The van der Waals surface area contributed by atoms with Crippen LogP contribution in [0.4, 0.5) is 0 Å². The second kappa shape index (κ2) is 28.9. The van der Waals surface area contributed by atoms with Gasteiger partial charge in [-0.3, -0.25) is 47.9 Å². The lowest BCUT2D eigenvalue weighted by Crippen LogP contribution is -2.60. The number of hydrogen-bond acceptors (Lipinski definition) is 12. The summed E-state index contributed by atoms with van der Waals surface area (Å²) in [5, 5.41) is 34.9. The summed E-state index contributed by atoms with van der Waals surface area (Å²) in [6.07, 6.45) is -1.01. The van der Waals surface area contributed by atoms with Crippen molar-refractivity contribution >= 4 is 71.8 Å². The van der Waals surface area contributed by atoms with Gasteiger partial charge in [0, 0.05) is 52.0 Å². The van der Waals surface area contributed by atoms with Crippen LogP contribution in [0.3, 0.4) is 0 Å². The lowest BCUT2D eigenvalue weighted by atomic mass is 10.00. The Morgan fingerprint density at radius 2 is 1.15 bits per heavy atom. The first kappa shape index (κ1) is 57.8. The van der Waals surface area contributed by atoms with Gasteiger partial charge in [-0.25, -0.2) is 0 Å². The zero-order valence-corrected chi connectivity index (χ0v) is 41.3. The molecule has 22 heteroatoms. The van der Waals surface area contributed by atoms with Crippen molar-refractivity contribution in [2.24, 2.45) is 11.7 Å². The van der Waals surface area contributed by atoms with Crippen LogP contribution in [0.2, 0.25) is 0 Å². The molecule has 3 aromatic carbocycles. The minimum Gasteiger partial charge on any atom is -0.508 e. The van der Waals surface area contributed by atoms with Crippen molar-refractivity contribution in [3.05, 3.63) is 102 Å². The number of aliphatic carboxylic acids is 1. The number of phenolic OH excluding ortho intramolecular Hbond substituents is 1. The largest absolute Gasteiger partial charge is 0.508 e. The summed E-state index contributed by atoms with van der Waals surface area (Å²) >= 11 is 4.18. The van der Waals surface area contributed by atoms with Gasteiger partial charge < -0.3 is 57.6 Å². The number of nitrogens with zero attached hydrogens (tertiary/aromatic N) is 2. The number of rotatable bonds is 28. The molecule has 0 spiro atoms. The number of hydrogen-bond donors (Lipinski definition) is 10. The van der Waals surface area contributed by atoms with E-state index in [1.807, 2.05) is 0 Å². The van der Waals surface area contributed by atoms with Gasteiger partial charge in [0.15, 0.2) is 0 Å². The minimum atomic E-state index is -1.51. The number of nitrogens with two attached hydrogens (primary N) is 1. The molecule has 0 aromatic heterocycles. The van der Waals surface area contributed by atoms with E-state index < -0.39 is 127 Å². The van der Waals surface area contributed by atoms with Crippen LogP contribution in [-0.4, -0.2) is 148 Å². The Balaban J connectivity index is 1.88. The zero-order chi connectivity index (χ0) is 52.8. The molecule has 0 heterocycles. The third-order valence-electron chi connectivity index (χ3n) is 11.2. The number of nitrogens with one attached hydrogen (secondary N) is 6. The average molecular weight is 1000 g/mol. The van der Waals surface area contributed by atoms with E-state index in [2.05, 4.69) is 44.5 Å². The summed E-state index contributed by atoms with van der Waals surface area (Å²) < 4.78 is 0. The third kappa shape index (κ3) is 19.4. The van der Waals surface area contributed by atoms with Crippen LogP contribution in [0.5, 0.6) is 5.75 Å². The summed E-state index contributed by atoms with van der Waals surface area (Å²) in [4.78, 5) is 134. The minimum absolute atomic E-state index is 0.0529. The molecule has 21 nitrogen and oxygen atoms in total. The molecule has 0 aliphatic carbocycles. The van der Waals surface area contributed by atoms with E-state index in [4.69, 9.17) is 5.73 Å². The molecular formula is C49H65N9O12S. The highest BCUT2D eigenvalue weighted by atomic mass is 32.1. The van der Waals surface area contributed by atoms with Crippen LogP contribution >= 0.6 is 12.6 Å². The Bertz CT molecular complexity index is 2320. The second-order valence-corrected chi connectivity index (χ2v) is 17.5. The standard InChI is InChI=1S/C49H65N9O12S/c1-6-40(61)52-35(23-30-13-9-7-10-14-30)45(66)56-43(29(2)3)47(68)54-34(21-22-42(63)64)48(69)57(4)27-41(62)53-36(24-32-17-19-33(59)20-18-32)49(70)58(5)38(25-31-15-11-8-12-16-31)46(67)55-37(28-71)44(65)51-26-39(50)60/h7-20,29,34-38,43,59,71H,6,21-28H2,1-5H3,(H2,50,60)(H,51,65)(H,52,61)(H,53,62)(H,54,68)(H,55,67)(H,56,66)(H,63,64)/t34-,35-,36-,37+,38+,43+/m0/s1. The SMILES string of the molecule is CCC(=O)N[C@@H](Cc1ccccc1)C(=O)N[C@@H](C(=O)N[C@@H](CCC(=O)O)C(=O)N(C)CC(=O)N[C@@H](Cc1ccc(O)cc1)C(=O)N(C)[C@H](Cc1ccccc1)C(=O)N[C@H](CS)C(=O)NCC(N)=O)C(C)C. The molecule has 3 aromatic rings. The number of aromatic hydroxyl groups is 1. The Hall–Kier alpha value is -7.49. The van der Waals surface area contributed by atoms with Gasteiger partial charge in [0.05, 0.1) is 13.1 Å². The van der Waals surface area contributed by atoms with Gasteiger partial charge in [0.1, 0.15) is 42.0 Å². The molecule has 0 unspecified atom stereocenters. The summed E-state index contributed by atoms with van der Waals surface area (Å²) in [5.74, 6) is -8.89. The highest BCUT2D eigenvalue weighted by Crippen LogP contribution is 2.16. The molecule has 9 amide bonds. The Morgan fingerprint density at radius 3 is 1.69 bits per heavy atom. The first-order chi connectivity index (χ1) is 33.6. The quantitative estimate of drug-likeness (QED) is 0.0416. The number of likely N-dealkylation sites (N-methyl/N-ethyl adjacent to an activating group) is 2. The summed E-state index contributed by atoms with van der Waals surface area (Å²) in [6.45, 7) is 3.69. The molecule has 3 rings (SSSR count). The fourth-order valence-corrected chi connectivity index (χ4v) is 7.46. The smallest absolute Gasteiger partial charge is 0.303 e. The molecule has 0 bridgehead atoms. The number of carbonyl (C=O) groups is 10. The summed E-state index contributed by atoms with van der Waals surface area (Å²) in [5.41, 5.74) is 7.01. The topological polar surface area (TPSA) is 316 Å². The van der Waals surface area contributed by atoms with Crippen molar-refractivity contribution in [3.8, 4) is 5.75 Å². The molecule has 0 saturated carbocycles. The van der Waals surface area contributed by atoms with Crippen LogP contribution in [0.25, 0.3) is 0 Å². The number of thiol groups is 1. The van der Waals surface area contributed by atoms with Gasteiger partial charge in [-0.2, -0.15) is 12.6 Å². The fraction of sp³-hybridized carbons (Fsp3) is 0.429. The number of carboxylic acid groups (broad SMARTS) is 1. The second-order valence-electron chi connectivity index (χ2n) is 17.2. The predicted octanol–water partition coefficient (Wildman–Crippen LogP) is -0.408. The van der Waals surface area contributed by atoms with Crippen molar-refractivity contribution in [3.63, 3.8) is 0 Å². The van der Waals surface area contributed by atoms with Crippen LogP contribution in [0.1, 0.15) is 56.7 Å². The number of carbonyl (C=O) groups excluding carboxylic acids is 9. The van der Waals surface area contributed by atoms with E-state index in [0.29, 0.717) is 11.1 Å². The number of primary amides is 1. The number of phenols is 1. The highest BCUT2D eigenvalue weighted by molar-refractivity contribution is 7.80. The normalized spacial score (nSPS) is 13.4. The lowest BCUT2D eigenvalue weighted by molar-refractivity contribution is -0.143. The van der Waals surface area contributed by atoms with E-state index in [9.17, 15) is 58.2 Å². The lowest BCUT2D eigenvalue weighted by Gasteiger charge is -2.32. The molecule has 10 N–H and O–H groups in total. The molecule has 0 aliphatic heterocycles. The zero-order valence-electron chi connectivity index (χ0n) is 40.4.